The van der Waals surface area contributed by atoms with Crippen LogP contribution in [0.1, 0.15) is 11.1 Å². The minimum absolute atomic E-state index is 0.155. The van der Waals surface area contributed by atoms with Crippen LogP contribution in [0.5, 0.6) is 17.2 Å². The number of hydrogen-bond acceptors (Lipinski definition) is 3. The Hall–Kier alpha value is -4.12. The molecule has 0 saturated heterocycles. The summed E-state index contributed by atoms with van der Waals surface area (Å²) in [6, 6.07) is 20.3. The predicted octanol–water partition coefficient (Wildman–Crippen LogP) is 6.55. The SMILES string of the molecule is Cc1cc2cc(O)ccc2c(Oc2ccc(C=CC(=O)O)cc2)c1-c1ccc(F)cc1. The van der Waals surface area contributed by atoms with Crippen LogP contribution in [-0.2, 0) is 4.79 Å². The largest absolute Gasteiger partial charge is 0.508 e. The number of aromatic hydroxyl groups is 1. The fourth-order valence-corrected chi connectivity index (χ4v) is 3.51. The van der Waals surface area contributed by atoms with E-state index in [0.717, 1.165) is 39.1 Å². The van der Waals surface area contributed by atoms with Gasteiger partial charge in [-0.3, -0.25) is 0 Å². The number of phenols is 1. The zero-order valence-corrected chi connectivity index (χ0v) is 16.7. The van der Waals surface area contributed by atoms with Gasteiger partial charge >= 0.3 is 5.97 Å². The van der Waals surface area contributed by atoms with E-state index in [2.05, 4.69) is 0 Å². The molecule has 0 heterocycles. The highest BCUT2D eigenvalue weighted by Gasteiger charge is 2.16. The Balaban J connectivity index is 1.83. The second kappa shape index (κ2) is 8.32. The summed E-state index contributed by atoms with van der Waals surface area (Å²) in [6.07, 6.45) is 2.57. The van der Waals surface area contributed by atoms with Crippen LogP contribution in [0.3, 0.4) is 0 Å². The van der Waals surface area contributed by atoms with E-state index in [0.29, 0.717) is 11.5 Å². The molecule has 0 unspecified atom stereocenters. The van der Waals surface area contributed by atoms with E-state index in [4.69, 9.17) is 9.84 Å². The van der Waals surface area contributed by atoms with Gasteiger partial charge in [0.05, 0.1) is 0 Å². The molecule has 5 heteroatoms. The van der Waals surface area contributed by atoms with Crippen molar-refractivity contribution in [2.24, 2.45) is 0 Å². The van der Waals surface area contributed by atoms with E-state index < -0.39 is 5.97 Å². The number of aliphatic carboxylic acids is 1. The number of ether oxygens (including phenoxy) is 1. The van der Waals surface area contributed by atoms with E-state index >= 15 is 0 Å². The molecule has 0 radical (unpaired) electrons. The smallest absolute Gasteiger partial charge is 0.328 e. The van der Waals surface area contributed by atoms with Crippen molar-refractivity contribution in [2.45, 2.75) is 6.92 Å². The van der Waals surface area contributed by atoms with Gasteiger partial charge in [-0.05, 0) is 77.5 Å². The van der Waals surface area contributed by atoms with Crippen LogP contribution in [0.15, 0.2) is 78.9 Å². The lowest BCUT2D eigenvalue weighted by Crippen LogP contribution is -1.94. The van der Waals surface area contributed by atoms with Crippen molar-refractivity contribution < 1.29 is 24.1 Å². The fraction of sp³-hybridized carbons (Fsp3) is 0.0385. The van der Waals surface area contributed by atoms with E-state index in [9.17, 15) is 14.3 Å². The Morgan fingerprint density at radius 1 is 0.968 bits per heavy atom. The molecule has 0 spiro atoms. The monoisotopic (exact) mass is 414 g/mol. The molecule has 0 aliphatic heterocycles. The Bertz CT molecular complexity index is 1290. The number of fused-ring (bicyclic) bond motifs is 1. The first-order valence-corrected chi connectivity index (χ1v) is 9.62. The molecule has 0 aromatic heterocycles. The third-order valence-electron chi connectivity index (χ3n) is 4.92. The van der Waals surface area contributed by atoms with Gasteiger partial charge in [-0.25, -0.2) is 9.18 Å². The lowest BCUT2D eigenvalue weighted by atomic mass is 9.94. The second-order valence-electron chi connectivity index (χ2n) is 7.15. The summed E-state index contributed by atoms with van der Waals surface area (Å²) in [4.78, 5) is 10.7. The van der Waals surface area contributed by atoms with Crippen molar-refractivity contribution in [3.63, 3.8) is 0 Å². The van der Waals surface area contributed by atoms with Gasteiger partial charge in [0.1, 0.15) is 23.1 Å². The molecule has 0 saturated carbocycles. The molecule has 0 aliphatic carbocycles. The molecule has 0 bridgehead atoms. The molecule has 4 aromatic rings. The summed E-state index contributed by atoms with van der Waals surface area (Å²) < 4.78 is 19.8. The van der Waals surface area contributed by atoms with Crippen LogP contribution in [0.4, 0.5) is 4.39 Å². The predicted molar refractivity (Wildman–Crippen MR) is 119 cm³/mol. The van der Waals surface area contributed by atoms with Crippen LogP contribution in [0.2, 0.25) is 0 Å². The van der Waals surface area contributed by atoms with Gasteiger partial charge < -0.3 is 14.9 Å². The van der Waals surface area contributed by atoms with Gasteiger partial charge in [0.15, 0.2) is 0 Å². The topological polar surface area (TPSA) is 66.8 Å². The number of hydrogen-bond donors (Lipinski definition) is 2. The van der Waals surface area contributed by atoms with Gasteiger partial charge in [0.2, 0.25) is 0 Å². The van der Waals surface area contributed by atoms with Crippen molar-refractivity contribution in [2.75, 3.05) is 0 Å². The Morgan fingerprint density at radius 2 is 1.68 bits per heavy atom. The minimum atomic E-state index is -1.02. The molecule has 0 aliphatic rings. The first-order chi connectivity index (χ1) is 14.9. The summed E-state index contributed by atoms with van der Waals surface area (Å²) >= 11 is 0. The summed E-state index contributed by atoms with van der Waals surface area (Å²) in [7, 11) is 0. The summed E-state index contributed by atoms with van der Waals surface area (Å²) in [5.41, 5.74) is 3.28. The van der Waals surface area contributed by atoms with Crippen LogP contribution in [0.25, 0.3) is 28.0 Å². The number of benzene rings is 4. The second-order valence-corrected chi connectivity index (χ2v) is 7.15. The average Bonchev–Trinajstić information content (AvgIpc) is 2.74. The van der Waals surface area contributed by atoms with Crippen LogP contribution >= 0.6 is 0 Å². The van der Waals surface area contributed by atoms with Crippen molar-refractivity contribution in [1.29, 1.82) is 0 Å². The molecule has 4 nitrogen and oxygen atoms in total. The number of carboxylic acids is 1. The van der Waals surface area contributed by atoms with Crippen LogP contribution < -0.4 is 4.74 Å². The maximum Gasteiger partial charge on any atom is 0.328 e. The van der Waals surface area contributed by atoms with Gasteiger partial charge in [-0.15, -0.1) is 0 Å². The number of rotatable bonds is 5. The molecule has 154 valence electrons. The van der Waals surface area contributed by atoms with E-state index in [1.807, 2.05) is 13.0 Å². The molecule has 31 heavy (non-hydrogen) atoms. The highest BCUT2D eigenvalue weighted by molar-refractivity contribution is 5.97. The van der Waals surface area contributed by atoms with Crippen LogP contribution in [0, 0.1) is 12.7 Å². The Labute approximate surface area is 178 Å². The molecule has 2 N–H and O–H groups in total. The number of carbonyl (C=O) groups is 1. The number of phenolic OH excluding ortho intramolecular Hbond substituents is 1. The minimum Gasteiger partial charge on any atom is -0.508 e. The summed E-state index contributed by atoms with van der Waals surface area (Å²) in [5.74, 6) is -0.0217. The third kappa shape index (κ3) is 4.41. The maximum atomic E-state index is 13.5. The first kappa shape index (κ1) is 20.2. The molecular formula is C26H19FO4. The zero-order chi connectivity index (χ0) is 22.0. The van der Waals surface area contributed by atoms with Gasteiger partial charge in [0.25, 0.3) is 0 Å². The standard InChI is InChI=1S/C26H19FO4/c1-16-14-19-15-21(28)9-12-23(19)26(25(16)18-5-7-20(27)8-6-18)31-22-10-2-17(3-11-22)4-13-24(29)30/h2-15,28H,1H3,(H,29,30). The fourth-order valence-electron chi connectivity index (χ4n) is 3.51. The quantitative estimate of drug-likeness (QED) is 0.363. The third-order valence-corrected chi connectivity index (χ3v) is 4.92. The lowest BCUT2D eigenvalue weighted by Gasteiger charge is -2.17. The molecule has 0 amide bonds. The van der Waals surface area contributed by atoms with E-state index in [-0.39, 0.29) is 11.6 Å². The lowest BCUT2D eigenvalue weighted by molar-refractivity contribution is -0.131. The van der Waals surface area contributed by atoms with Crippen molar-refractivity contribution in [3.8, 4) is 28.4 Å². The number of halogens is 1. The van der Waals surface area contributed by atoms with Crippen molar-refractivity contribution in [1.82, 2.24) is 0 Å². The highest BCUT2D eigenvalue weighted by atomic mass is 19.1. The zero-order valence-electron chi connectivity index (χ0n) is 16.7. The molecule has 0 atom stereocenters. The molecule has 4 rings (SSSR count). The van der Waals surface area contributed by atoms with Gasteiger partial charge in [-0.1, -0.05) is 30.3 Å². The van der Waals surface area contributed by atoms with Crippen molar-refractivity contribution in [3.05, 3.63) is 95.8 Å². The number of carboxylic acid groups (broad SMARTS) is 1. The van der Waals surface area contributed by atoms with E-state index in [1.165, 1.54) is 18.2 Å². The summed E-state index contributed by atoms with van der Waals surface area (Å²) in [5, 5.41) is 20.3. The van der Waals surface area contributed by atoms with Crippen LogP contribution in [-0.4, -0.2) is 16.2 Å². The van der Waals surface area contributed by atoms with Gasteiger partial charge in [-0.2, -0.15) is 0 Å². The Kier molecular flexibility index (Phi) is 5.41. The molecule has 4 aromatic carbocycles. The molecule has 0 fully saturated rings. The van der Waals surface area contributed by atoms with E-state index in [1.54, 1.807) is 54.6 Å². The highest BCUT2D eigenvalue weighted by Crippen LogP contribution is 2.42. The Morgan fingerprint density at radius 3 is 2.35 bits per heavy atom. The first-order valence-electron chi connectivity index (χ1n) is 9.62. The van der Waals surface area contributed by atoms with Gasteiger partial charge in [0, 0.05) is 17.0 Å². The van der Waals surface area contributed by atoms with Crippen molar-refractivity contribution >= 4 is 22.8 Å². The summed E-state index contributed by atoms with van der Waals surface area (Å²) in [6.45, 7) is 1.94. The normalized spacial score (nSPS) is 11.2. The molecular weight excluding hydrogens is 395 g/mol. The maximum absolute atomic E-state index is 13.5. The average molecular weight is 414 g/mol. The number of aryl methyl sites for hydroxylation is 1.